The zero-order valence-corrected chi connectivity index (χ0v) is 8.90. The number of rotatable bonds is 1. The number of hydrogen-bond acceptors (Lipinski definition) is 3. The summed E-state index contributed by atoms with van der Waals surface area (Å²) in [4.78, 5) is 11.7. The van der Waals surface area contributed by atoms with Gasteiger partial charge in [-0.1, -0.05) is 11.6 Å². The molecule has 0 bridgehead atoms. The predicted molar refractivity (Wildman–Crippen MR) is 60.0 cm³/mol. The standard InChI is InChI=1S/C10H10ClN3O/c1-6-9(12)10(15)14(13-6)8-4-2-7(11)3-5-8/h2-5,9H,12H2,1H3. The third-order valence-electron chi connectivity index (χ3n) is 2.25. The van der Waals surface area contributed by atoms with Gasteiger partial charge < -0.3 is 5.73 Å². The molecular weight excluding hydrogens is 214 g/mol. The van der Waals surface area contributed by atoms with E-state index < -0.39 is 6.04 Å². The lowest BCUT2D eigenvalue weighted by atomic mass is 10.2. The number of nitrogens with zero attached hydrogens (tertiary/aromatic N) is 2. The minimum Gasteiger partial charge on any atom is -0.315 e. The van der Waals surface area contributed by atoms with Crippen molar-refractivity contribution in [1.82, 2.24) is 0 Å². The molecule has 78 valence electrons. The zero-order valence-electron chi connectivity index (χ0n) is 8.14. The van der Waals surface area contributed by atoms with Gasteiger partial charge in [-0.2, -0.15) is 10.1 Å². The Morgan fingerprint density at radius 2 is 2.00 bits per heavy atom. The number of hydrogen-bond donors (Lipinski definition) is 1. The molecule has 1 heterocycles. The molecule has 0 aromatic heterocycles. The number of nitrogens with two attached hydrogens (primary N) is 1. The first-order chi connectivity index (χ1) is 7.09. The van der Waals surface area contributed by atoms with E-state index in [9.17, 15) is 4.79 Å². The van der Waals surface area contributed by atoms with Crippen molar-refractivity contribution < 1.29 is 4.79 Å². The summed E-state index contributed by atoms with van der Waals surface area (Å²) in [7, 11) is 0. The minimum atomic E-state index is -0.624. The van der Waals surface area contributed by atoms with Gasteiger partial charge in [0.1, 0.15) is 6.04 Å². The van der Waals surface area contributed by atoms with E-state index >= 15 is 0 Å². The Morgan fingerprint density at radius 3 is 2.47 bits per heavy atom. The molecule has 0 fully saturated rings. The highest BCUT2D eigenvalue weighted by atomic mass is 35.5. The molecule has 1 amide bonds. The van der Waals surface area contributed by atoms with Crippen LogP contribution in [0.1, 0.15) is 6.92 Å². The van der Waals surface area contributed by atoms with Crippen LogP contribution >= 0.6 is 11.6 Å². The number of anilines is 1. The van der Waals surface area contributed by atoms with Gasteiger partial charge in [-0.05, 0) is 31.2 Å². The topological polar surface area (TPSA) is 58.7 Å². The van der Waals surface area contributed by atoms with Gasteiger partial charge in [0.25, 0.3) is 5.91 Å². The minimum absolute atomic E-state index is 0.213. The molecule has 0 saturated heterocycles. The van der Waals surface area contributed by atoms with E-state index in [0.717, 1.165) is 0 Å². The first-order valence-corrected chi connectivity index (χ1v) is 4.87. The smallest absolute Gasteiger partial charge is 0.270 e. The summed E-state index contributed by atoms with van der Waals surface area (Å²) >= 11 is 5.75. The monoisotopic (exact) mass is 223 g/mol. The molecule has 15 heavy (non-hydrogen) atoms. The third-order valence-corrected chi connectivity index (χ3v) is 2.51. The van der Waals surface area contributed by atoms with E-state index in [1.165, 1.54) is 5.01 Å². The number of carbonyl (C=O) groups is 1. The fourth-order valence-electron chi connectivity index (χ4n) is 1.35. The Labute approximate surface area is 92.3 Å². The van der Waals surface area contributed by atoms with Gasteiger partial charge in [0.05, 0.1) is 11.4 Å². The Morgan fingerprint density at radius 1 is 1.40 bits per heavy atom. The molecular formula is C10H10ClN3O. The molecule has 4 nitrogen and oxygen atoms in total. The first kappa shape index (κ1) is 10.1. The van der Waals surface area contributed by atoms with Gasteiger partial charge in [0.2, 0.25) is 0 Å². The number of amides is 1. The fourth-order valence-corrected chi connectivity index (χ4v) is 1.47. The maximum Gasteiger partial charge on any atom is 0.270 e. The quantitative estimate of drug-likeness (QED) is 0.782. The second kappa shape index (κ2) is 3.64. The molecule has 1 atom stereocenters. The summed E-state index contributed by atoms with van der Waals surface area (Å²) in [6.07, 6.45) is 0. The zero-order chi connectivity index (χ0) is 11.0. The molecule has 0 radical (unpaired) electrons. The highest BCUT2D eigenvalue weighted by Crippen LogP contribution is 2.21. The van der Waals surface area contributed by atoms with E-state index in [0.29, 0.717) is 16.4 Å². The molecule has 1 aliphatic heterocycles. The van der Waals surface area contributed by atoms with Gasteiger partial charge in [-0.25, -0.2) is 0 Å². The molecule has 1 aromatic carbocycles. The van der Waals surface area contributed by atoms with Gasteiger partial charge >= 0.3 is 0 Å². The van der Waals surface area contributed by atoms with Crippen LogP contribution in [0.5, 0.6) is 0 Å². The Balaban J connectivity index is 2.33. The molecule has 0 saturated carbocycles. The van der Waals surface area contributed by atoms with Crippen molar-refractivity contribution in [3.05, 3.63) is 29.3 Å². The van der Waals surface area contributed by atoms with Crippen LogP contribution in [0.25, 0.3) is 0 Å². The van der Waals surface area contributed by atoms with Crippen LogP contribution in [0.3, 0.4) is 0 Å². The van der Waals surface area contributed by atoms with Gasteiger partial charge in [-0.3, -0.25) is 4.79 Å². The lowest BCUT2D eigenvalue weighted by Crippen LogP contribution is -2.38. The fraction of sp³-hybridized carbons (Fsp3) is 0.200. The van der Waals surface area contributed by atoms with Gasteiger partial charge in [0, 0.05) is 5.02 Å². The molecule has 2 rings (SSSR count). The molecule has 0 aliphatic carbocycles. The van der Waals surface area contributed by atoms with Crippen LogP contribution in [0.4, 0.5) is 5.69 Å². The molecule has 2 N–H and O–H groups in total. The van der Waals surface area contributed by atoms with Crippen molar-refractivity contribution in [2.75, 3.05) is 5.01 Å². The summed E-state index contributed by atoms with van der Waals surface area (Å²) in [5.41, 5.74) is 6.93. The van der Waals surface area contributed by atoms with Gasteiger partial charge in [0.15, 0.2) is 0 Å². The summed E-state index contributed by atoms with van der Waals surface area (Å²) in [6, 6.07) is 6.25. The van der Waals surface area contributed by atoms with E-state index in [1.54, 1.807) is 31.2 Å². The molecule has 0 spiro atoms. The molecule has 1 unspecified atom stereocenters. The second-order valence-electron chi connectivity index (χ2n) is 3.35. The second-order valence-corrected chi connectivity index (χ2v) is 3.78. The average molecular weight is 224 g/mol. The Kier molecular flexibility index (Phi) is 2.46. The largest absolute Gasteiger partial charge is 0.315 e. The van der Waals surface area contributed by atoms with Crippen LogP contribution in [-0.2, 0) is 4.79 Å². The SMILES string of the molecule is CC1=NN(c2ccc(Cl)cc2)C(=O)C1N. The Hall–Kier alpha value is -1.39. The number of carbonyl (C=O) groups excluding carboxylic acids is 1. The van der Waals surface area contributed by atoms with Crippen LogP contribution in [-0.4, -0.2) is 17.7 Å². The van der Waals surface area contributed by atoms with Crippen molar-refractivity contribution in [2.45, 2.75) is 13.0 Å². The van der Waals surface area contributed by atoms with Crippen molar-refractivity contribution in [1.29, 1.82) is 0 Å². The lowest BCUT2D eigenvalue weighted by Gasteiger charge is -2.12. The van der Waals surface area contributed by atoms with E-state index in [-0.39, 0.29) is 5.91 Å². The maximum atomic E-state index is 11.7. The highest BCUT2D eigenvalue weighted by molar-refractivity contribution is 6.30. The molecule has 5 heteroatoms. The van der Waals surface area contributed by atoms with Gasteiger partial charge in [-0.15, -0.1) is 0 Å². The summed E-state index contributed by atoms with van der Waals surface area (Å²) in [5, 5.41) is 6.01. The van der Waals surface area contributed by atoms with Crippen molar-refractivity contribution >= 4 is 28.9 Å². The summed E-state index contributed by atoms with van der Waals surface area (Å²) in [5.74, 6) is -0.213. The number of hydrazone groups is 1. The average Bonchev–Trinajstić information content (AvgIpc) is 2.47. The third kappa shape index (κ3) is 1.73. The molecule has 1 aromatic rings. The Bertz CT molecular complexity index is 427. The van der Waals surface area contributed by atoms with Crippen molar-refractivity contribution in [3.63, 3.8) is 0 Å². The van der Waals surface area contributed by atoms with E-state index in [1.807, 2.05) is 0 Å². The summed E-state index contributed by atoms with van der Waals surface area (Å²) < 4.78 is 0. The van der Waals surface area contributed by atoms with E-state index in [2.05, 4.69) is 5.10 Å². The van der Waals surface area contributed by atoms with Crippen molar-refractivity contribution in [2.24, 2.45) is 10.8 Å². The summed E-state index contributed by atoms with van der Waals surface area (Å²) in [6.45, 7) is 1.73. The van der Waals surface area contributed by atoms with E-state index in [4.69, 9.17) is 17.3 Å². The normalized spacial score (nSPS) is 20.7. The van der Waals surface area contributed by atoms with Crippen LogP contribution in [0.2, 0.25) is 5.02 Å². The first-order valence-electron chi connectivity index (χ1n) is 4.50. The maximum absolute atomic E-state index is 11.7. The number of benzene rings is 1. The molecule has 1 aliphatic rings. The van der Waals surface area contributed by atoms with Crippen molar-refractivity contribution in [3.8, 4) is 0 Å². The van der Waals surface area contributed by atoms with Crippen LogP contribution < -0.4 is 10.7 Å². The number of halogens is 1. The highest BCUT2D eigenvalue weighted by Gasteiger charge is 2.30. The predicted octanol–water partition coefficient (Wildman–Crippen LogP) is 1.39. The van der Waals surface area contributed by atoms with Crippen LogP contribution in [0.15, 0.2) is 29.4 Å². The lowest BCUT2D eigenvalue weighted by molar-refractivity contribution is -0.117. The van der Waals surface area contributed by atoms with Crippen LogP contribution in [0, 0.1) is 0 Å².